The molecular weight excluding hydrogens is 196 g/mol. The second-order valence-electron chi connectivity index (χ2n) is 2.72. The van der Waals surface area contributed by atoms with Crippen LogP contribution >= 0.6 is 0 Å². The highest BCUT2D eigenvalue weighted by Crippen LogP contribution is 2.25. The first-order chi connectivity index (χ1) is 7.33. The van der Waals surface area contributed by atoms with E-state index in [9.17, 15) is 4.79 Å². The van der Waals surface area contributed by atoms with Crippen molar-refractivity contribution < 1.29 is 14.3 Å². The van der Waals surface area contributed by atoms with Gasteiger partial charge in [0.05, 0.1) is 26.3 Å². The molecule has 0 fully saturated rings. The zero-order valence-electron chi connectivity index (χ0n) is 8.69. The summed E-state index contributed by atoms with van der Waals surface area (Å²) in [5.74, 6) is 1.18. The summed E-state index contributed by atoms with van der Waals surface area (Å²) >= 11 is 0. The predicted molar refractivity (Wildman–Crippen MR) is 54.0 cm³/mol. The number of nitrogens with zero attached hydrogens (tertiary/aromatic N) is 2. The van der Waals surface area contributed by atoms with Gasteiger partial charge in [0.1, 0.15) is 5.75 Å². The minimum absolute atomic E-state index is 0.349. The van der Waals surface area contributed by atoms with Crippen molar-refractivity contribution in [1.29, 1.82) is 0 Å². The van der Waals surface area contributed by atoms with Gasteiger partial charge in [0.15, 0.2) is 0 Å². The molecular formula is C10H12N2O3. The van der Waals surface area contributed by atoms with Crippen LogP contribution in [0.3, 0.4) is 0 Å². The molecule has 0 atom stereocenters. The van der Waals surface area contributed by atoms with Gasteiger partial charge in [-0.3, -0.25) is 0 Å². The summed E-state index contributed by atoms with van der Waals surface area (Å²) in [6.45, 7) is 0.349. The number of isocyanates is 1. The average Bonchev–Trinajstić information content (AvgIpc) is 2.29. The standard InChI is InChI=1S/C10H12N2O3/c1-14-9-4-6-12-10(15-2)8(9)3-5-11-7-13/h4,6H,3,5H2,1-2H3. The molecule has 0 saturated heterocycles. The van der Waals surface area contributed by atoms with Crippen molar-refractivity contribution in [3.63, 3.8) is 0 Å². The zero-order valence-corrected chi connectivity index (χ0v) is 8.69. The third-order valence-electron chi connectivity index (χ3n) is 1.92. The number of aliphatic imine (C=N–C) groups is 1. The van der Waals surface area contributed by atoms with Gasteiger partial charge in [-0.1, -0.05) is 0 Å². The lowest BCUT2D eigenvalue weighted by molar-refractivity contribution is 0.373. The van der Waals surface area contributed by atoms with Gasteiger partial charge in [0.25, 0.3) is 0 Å². The topological polar surface area (TPSA) is 60.8 Å². The van der Waals surface area contributed by atoms with Crippen LogP contribution in [0.4, 0.5) is 0 Å². The second-order valence-corrected chi connectivity index (χ2v) is 2.72. The molecule has 0 radical (unpaired) electrons. The molecule has 1 heterocycles. The van der Waals surface area contributed by atoms with E-state index in [4.69, 9.17) is 9.47 Å². The Hall–Kier alpha value is -1.87. The van der Waals surface area contributed by atoms with Crippen LogP contribution in [0.2, 0.25) is 0 Å². The van der Waals surface area contributed by atoms with E-state index < -0.39 is 0 Å². The first-order valence-electron chi connectivity index (χ1n) is 4.43. The monoisotopic (exact) mass is 208 g/mol. The Morgan fingerprint density at radius 1 is 1.47 bits per heavy atom. The Kier molecular flexibility index (Phi) is 4.31. The first-order valence-corrected chi connectivity index (χ1v) is 4.43. The van der Waals surface area contributed by atoms with Gasteiger partial charge in [0, 0.05) is 12.6 Å². The van der Waals surface area contributed by atoms with Crippen LogP contribution in [-0.2, 0) is 11.2 Å². The van der Waals surface area contributed by atoms with Gasteiger partial charge in [-0.05, 0) is 6.07 Å². The highest BCUT2D eigenvalue weighted by molar-refractivity contribution is 5.40. The number of methoxy groups -OCH3 is 2. The highest BCUT2D eigenvalue weighted by Gasteiger charge is 2.10. The Morgan fingerprint density at radius 2 is 2.27 bits per heavy atom. The minimum atomic E-state index is 0.349. The molecule has 5 nitrogen and oxygen atoms in total. The molecule has 0 saturated carbocycles. The van der Waals surface area contributed by atoms with Crippen LogP contribution in [0.25, 0.3) is 0 Å². The van der Waals surface area contributed by atoms with E-state index in [1.165, 1.54) is 13.2 Å². The lowest BCUT2D eigenvalue weighted by Crippen LogP contribution is -2.00. The summed E-state index contributed by atoms with van der Waals surface area (Å²) in [5.41, 5.74) is 0.807. The van der Waals surface area contributed by atoms with E-state index in [0.29, 0.717) is 24.6 Å². The Labute approximate surface area is 87.8 Å². The Balaban J connectivity index is 2.94. The predicted octanol–water partition coefficient (Wildman–Crippen LogP) is 0.977. The molecule has 0 aliphatic heterocycles. The van der Waals surface area contributed by atoms with Gasteiger partial charge in [-0.2, -0.15) is 0 Å². The van der Waals surface area contributed by atoms with Crippen LogP contribution < -0.4 is 9.47 Å². The van der Waals surface area contributed by atoms with Gasteiger partial charge in [-0.15, -0.1) is 0 Å². The molecule has 0 aliphatic carbocycles. The van der Waals surface area contributed by atoms with Crippen molar-refractivity contribution in [2.24, 2.45) is 4.99 Å². The van der Waals surface area contributed by atoms with E-state index in [1.54, 1.807) is 19.4 Å². The maximum atomic E-state index is 9.93. The molecule has 0 aliphatic rings. The highest BCUT2D eigenvalue weighted by atomic mass is 16.5. The second kappa shape index (κ2) is 5.78. The molecule has 80 valence electrons. The largest absolute Gasteiger partial charge is 0.496 e. The Morgan fingerprint density at radius 3 is 2.87 bits per heavy atom. The number of rotatable bonds is 5. The molecule has 0 N–H and O–H groups in total. The third-order valence-corrected chi connectivity index (χ3v) is 1.92. The van der Waals surface area contributed by atoms with Crippen LogP contribution in [0, 0.1) is 0 Å². The first kappa shape index (κ1) is 11.2. The number of ether oxygens (including phenoxy) is 2. The van der Waals surface area contributed by atoms with Crippen molar-refractivity contribution in [2.75, 3.05) is 20.8 Å². The summed E-state index contributed by atoms with van der Waals surface area (Å²) in [7, 11) is 3.11. The molecule has 15 heavy (non-hydrogen) atoms. The minimum Gasteiger partial charge on any atom is -0.496 e. The number of pyridine rings is 1. The zero-order chi connectivity index (χ0) is 11.1. The summed E-state index contributed by atoms with van der Waals surface area (Å²) in [5, 5.41) is 0. The van der Waals surface area contributed by atoms with E-state index in [0.717, 1.165) is 5.56 Å². The van der Waals surface area contributed by atoms with Gasteiger partial charge in [-0.25, -0.2) is 14.8 Å². The van der Waals surface area contributed by atoms with E-state index in [1.807, 2.05) is 0 Å². The normalized spacial score (nSPS) is 9.20. The number of aromatic nitrogens is 1. The molecule has 0 unspecified atom stereocenters. The van der Waals surface area contributed by atoms with E-state index in [-0.39, 0.29) is 0 Å². The molecule has 1 aromatic rings. The van der Waals surface area contributed by atoms with Crippen molar-refractivity contribution in [3.8, 4) is 11.6 Å². The molecule has 1 rings (SSSR count). The lowest BCUT2D eigenvalue weighted by atomic mass is 10.2. The number of hydrogen-bond acceptors (Lipinski definition) is 5. The van der Waals surface area contributed by atoms with Gasteiger partial charge in [0.2, 0.25) is 12.0 Å². The molecule has 5 heteroatoms. The number of carbonyl (C=O) groups excluding carboxylic acids is 1. The van der Waals surface area contributed by atoms with Gasteiger partial charge >= 0.3 is 0 Å². The fourth-order valence-corrected chi connectivity index (χ4v) is 1.27. The molecule has 0 amide bonds. The van der Waals surface area contributed by atoms with E-state index in [2.05, 4.69) is 9.98 Å². The van der Waals surface area contributed by atoms with Gasteiger partial charge < -0.3 is 9.47 Å². The van der Waals surface area contributed by atoms with Crippen molar-refractivity contribution >= 4 is 6.08 Å². The maximum Gasteiger partial charge on any atom is 0.234 e. The smallest absolute Gasteiger partial charge is 0.234 e. The average molecular weight is 208 g/mol. The SMILES string of the molecule is COc1ccnc(OC)c1CCN=C=O. The molecule has 1 aromatic heterocycles. The van der Waals surface area contributed by atoms with Crippen molar-refractivity contribution in [2.45, 2.75) is 6.42 Å². The van der Waals surface area contributed by atoms with Crippen LogP contribution in [0.5, 0.6) is 11.6 Å². The van der Waals surface area contributed by atoms with Crippen molar-refractivity contribution in [1.82, 2.24) is 4.98 Å². The fourth-order valence-electron chi connectivity index (χ4n) is 1.27. The van der Waals surface area contributed by atoms with Crippen LogP contribution in [0.15, 0.2) is 17.3 Å². The number of hydrogen-bond donors (Lipinski definition) is 0. The maximum absolute atomic E-state index is 9.93. The summed E-state index contributed by atoms with van der Waals surface area (Å²) in [4.78, 5) is 17.4. The summed E-state index contributed by atoms with van der Waals surface area (Å²) < 4.78 is 10.2. The summed E-state index contributed by atoms with van der Waals surface area (Å²) in [6.07, 6.45) is 3.62. The van der Waals surface area contributed by atoms with Crippen molar-refractivity contribution in [3.05, 3.63) is 17.8 Å². The molecule has 0 aromatic carbocycles. The Bertz CT molecular complexity index is 351. The lowest BCUT2D eigenvalue weighted by Gasteiger charge is -2.10. The third kappa shape index (κ3) is 2.79. The fraction of sp³-hybridized carbons (Fsp3) is 0.400. The summed E-state index contributed by atoms with van der Waals surface area (Å²) in [6, 6.07) is 1.74. The molecule has 0 bridgehead atoms. The van der Waals surface area contributed by atoms with Crippen LogP contribution in [0.1, 0.15) is 5.56 Å². The quantitative estimate of drug-likeness (QED) is 0.534. The molecule has 0 spiro atoms. The van der Waals surface area contributed by atoms with Crippen LogP contribution in [-0.4, -0.2) is 31.8 Å². The van der Waals surface area contributed by atoms with E-state index >= 15 is 0 Å².